The molecule has 1 aliphatic heterocycles. The summed E-state index contributed by atoms with van der Waals surface area (Å²) in [5.74, 6) is 0.834. The van der Waals surface area contributed by atoms with Gasteiger partial charge in [0.25, 0.3) is 0 Å². The highest BCUT2D eigenvalue weighted by atomic mass is 32.1. The van der Waals surface area contributed by atoms with Crippen molar-refractivity contribution >= 4 is 28.8 Å². The van der Waals surface area contributed by atoms with E-state index in [1.54, 1.807) is 16.2 Å². The smallest absolute Gasteiger partial charge is 0.241 e. The molecule has 3 rings (SSSR count). The van der Waals surface area contributed by atoms with E-state index >= 15 is 0 Å². The number of nitrogens with one attached hydrogen (secondary N) is 1. The van der Waals surface area contributed by atoms with Crippen LogP contribution < -0.4 is 15.0 Å². The fraction of sp³-hybridized carbons (Fsp3) is 0.480. The zero-order valence-corrected chi connectivity index (χ0v) is 20.0. The number of likely N-dealkylation sites (tertiary alicyclic amines) is 1. The zero-order valence-electron chi connectivity index (χ0n) is 19.2. The third kappa shape index (κ3) is 7.58. The van der Waals surface area contributed by atoms with Gasteiger partial charge in [-0.25, -0.2) is 0 Å². The molecule has 1 aromatic carbocycles. The molecule has 0 radical (unpaired) electrons. The van der Waals surface area contributed by atoms with Crippen molar-refractivity contribution in [2.24, 2.45) is 5.92 Å². The van der Waals surface area contributed by atoms with Gasteiger partial charge in [-0.2, -0.15) is 5.26 Å². The Balaban J connectivity index is 1.47. The van der Waals surface area contributed by atoms with Crippen molar-refractivity contribution in [1.29, 1.82) is 5.26 Å². The number of thiophene rings is 1. The molecule has 1 N–H and O–H groups in total. The molecular formula is C25H32N4O3S. The lowest BCUT2D eigenvalue weighted by Crippen LogP contribution is -2.46. The quantitative estimate of drug-likeness (QED) is 0.546. The summed E-state index contributed by atoms with van der Waals surface area (Å²) in [6, 6.07) is 13.6. The zero-order chi connectivity index (χ0) is 23.5. The molecule has 8 heteroatoms. The number of hydrogen-bond acceptors (Lipinski definition) is 6. The largest absolute Gasteiger partial charge is 0.494 e. The Morgan fingerprint density at radius 1 is 1.24 bits per heavy atom. The highest BCUT2D eigenvalue weighted by Gasteiger charge is 2.27. The number of benzene rings is 1. The van der Waals surface area contributed by atoms with Crippen LogP contribution in [-0.2, 0) is 16.0 Å². The molecule has 2 amide bonds. The lowest BCUT2D eigenvalue weighted by molar-refractivity contribution is -0.126. The molecule has 0 spiro atoms. The topological polar surface area (TPSA) is 85.7 Å². The van der Waals surface area contributed by atoms with E-state index in [-0.39, 0.29) is 30.7 Å². The number of nitrogens with zero attached hydrogens (tertiary/aromatic N) is 3. The first-order valence-electron chi connectivity index (χ1n) is 11.5. The number of amides is 2. The monoisotopic (exact) mass is 468 g/mol. The number of hydrogen-bond donors (Lipinski definition) is 1. The SMILES string of the molecule is CCOc1ccc(N(CCC#N)C(=O)CN2CCC(C(=O)NCCc3cccs3)CC2)cc1. The van der Waals surface area contributed by atoms with Crippen LogP contribution in [0.2, 0.25) is 0 Å². The average Bonchev–Trinajstić information content (AvgIpc) is 3.34. The number of carbonyl (C=O) groups excluding carboxylic acids is 2. The number of rotatable bonds is 11. The standard InChI is InChI=1S/C25H32N4O3S/c1-2-32-22-8-6-21(7-9-22)29(15-4-13-26)24(30)19-28-16-11-20(12-17-28)25(31)27-14-10-23-5-3-18-33-23/h3,5-9,18,20H,2,4,10-12,14-17,19H2,1H3,(H,27,31). The van der Waals surface area contributed by atoms with Gasteiger partial charge in [-0.15, -0.1) is 11.3 Å². The Morgan fingerprint density at radius 2 is 2.00 bits per heavy atom. The minimum absolute atomic E-state index is 0.000453. The first kappa shape index (κ1) is 24.7. The summed E-state index contributed by atoms with van der Waals surface area (Å²) in [4.78, 5) is 30.6. The number of ether oxygens (including phenoxy) is 1. The van der Waals surface area contributed by atoms with E-state index in [1.165, 1.54) is 4.88 Å². The molecule has 0 bridgehead atoms. The summed E-state index contributed by atoms with van der Waals surface area (Å²) in [7, 11) is 0. The minimum Gasteiger partial charge on any atom is -0.494 e. The molecular weight excluding hydrogens is 436 g/mol. The van der Waals surface area contributed by atoms with Crippen molar-refractivity contribution in [2.75, 3.05) is 44.2 Å². The number of nitriles is 1. The number of piperidine rings is 1. The van der Waals surface area contributed by atoms with Crippen molar-refractivity contribution < 1.29 is 14.3 Å². The molecule has 176 valence electrons. The van der Waals surface area contributed by atoms with Crippen LogP contribution in [0.25, 0.3) is 0 Å². The molecule has 33 heavy (non-hydrogen) atoms. The summed E-state index contributed by atoms with van der Waals surface area (Å²) < 4.78 is 5.48. The highest BCUT2D eigenvalue weighted by Crippen LogP contribution is 2.22. The predicted molar refractivity (Wildman–Crippen MR) is 130 cm³/mol. The average molecular weight is 469 g/mol. The first-order chi connectivity index (χ1) is 16.1. The second-order valence-electron chi connectivity index (χ2n) is 8.05. The van der Waals surface area contributed by atoms with Crippen LogP contribution in [0.1, 0.15) is 31.1 Å². The van der Waals surface area contributed by atoms with Crippen molar-refractivity contribution in [2.45, 2.75) is 32.6 Å². The van der Waals surface area contributed by atoms with Gasteiger partial charge in [-0.1, -0.05) is 6.07 Å². The fourth-order valence-electron chi connectivity index (χ4n) is 3.99. The maximum atomic E-state index is 13.1. The molecule has 1 fully saturated rings. The van der Waals surface area contributed by atoms with Crippen LogP contribution in [0, 0.1) is 17.2 Å². The summed E-state index contributed by atoms with van der Waals surface area (Å²) in [6.45, 7) is 5.23. The van der Waals surface area contributed by atoms with E-state index in [0.29, 0.717) is 32.8 Å². The molecule has 0 unspecified atom stereocenters. The summed E-state index contributed by atoms with van der Waals surface area (Å²) >= 11 is 1.71. The molecule has 7 nitrogen and oxygen atoms in total. The van der Waals surface area contributed by atoms with Crippen LogP contribution in [0.5, 0.6) is 5.75 Å². The molecule has 2 aromatic rings. The Bertz CT molecular complexity index is 916. The molecule has 1 saturated heterocycles. The molecule has 0 aliphatic carbocycles. The summed E-state index contributed by atoms with van der Waals surface area (Å²) in [5.41, 5.74) is 0.763. The summed E-state index contributed by atoms with van der Waals surface area (Å²) in [5, 5.41) is 14.1. The van der Waals surface area contributed by atoms with Gasteiger partial charge in [-0.3, -0.25) is 14.5 Å². The third-order valence-electron chi connectivity index (χ3n) is 5.78. The van der Waals surface area contributed by atoms with Crippen molar-refractivity contribution in [3.8, 4) is 11.8 Å². The van der Waals surface area contributed by atoms with Gasteiger partial charge in [0.05, 0.1) is 25.6 Å². The van der Waals surface area contributed by atoms with E-state index in [0.717, 1.165) is 30.7 Å². The van der Waals surface area contributed by atoms with E-state index in [2.05, 4.69) is 22.4 Å². The van der Waals surface area contributed by atoms with Crippen LogP contribution in [0.3, 0.4) is 0 Å². The summed E-state index contributed by atoms with van der Waals surface area (Å²) in [6.07, 6.45) is 2.63. The van der Waals surface area contributed by atoms with Gasteiger partial charge in [0, 0.05) is 29.6 Å². The van der Waals surface area contributed by atoms with Gasteiger partial charge in [0.15, 0.2) is 0 Å². The van der Waals surface area contributed by atoms with Gasteiger partial charge >= 0.3 is 0 Å². The lowest BCUT2D eigenvalue weighted by Gasteiger charge is -2.32. The van der Waals surface area contributed by atoms with E-state index in [1.807, 2.05) is 42.6 Å². The third-order valence-corrected chi connectivity index (χ3v) is 6.71. The van der Waals surface area contributed by atoms with Crippen molar-refractivity contribution in [3.63, 3.8) is 0 Å². The van der Waals surface area contributed by atoms with Gasteiger partial charge in [-0.05, 0) is 75.0 Å². The van der Waals surface area contributed by atoms with E-state index < -0.39 is 0 Å². The second kappa shape index (κ2) is 13.0. The molecule has 1 aromatic heterocycles. The molecule has 0 atom stereocenters. The van der Waals surface area contributed by atoms with Crippen LogP contribution >= 0.6 is 11.3 Å². The van der Waals surface area contributed by atoms with Gasteiger partial charge in [0.2, 0.25) is 11.8 Å². The van der Waals surface area contributed by atoms with E-state index in [4.69, 9.17) is 10.00 Å². The van der Waals surface area contributed by atoms with Crippen molar-refractivity contribution in [1.82, 2.24) is 10.2 Å². The van der Waals surface area contributed by atoms with Crippen LogP contribution in [0.15, 0.2) is 41.8 Å². The lowest BCUT2D eigenvalue weighted by atomic mass is 9.96. The second-order valence-corrected chi connectivity index (χ2v) is 9.08. The molecule has 0 saturated carbocycles. The predicted octanol–water partition coefficient (Wildman–Crippen LogP) is 3.46. The van der Waals surface area contributed by atoms with E-state index in [9.17, 15) is 9.59 Å². The maximum Gasteiger partial charge on any atom is 0.241 e. The Hall–Kier alpha value is -2.89. The molecule has 1 aliphatic rings. The maximum absolute atomic E-state index is 13.1. The molecule has 2 heterocycles. The fourth-order valence-corrected chi connectivity index (χ4v) is 4.70. The van der Waals surface area contributed by atoms with Gasteiger partial charge in [0.1, 0.15) is 5.75 Å². The number of carbonyl (C=O) groups is 2. The van der Waals surface area contributed by atoms with Gasteiger partial charge < -0.3 is 15.0 Å². The normalized spacial score (nSPS) is 14.4. The number of anilines is 1. The minimum atomic E-state index is -0.0340. The Morgan fingerprint density at radius 3 is 2.64 bits per heavy atom. The first-order valence-corrected chi connectivity index (χ1v) is 12.4. The highest BCUT2D eigenvalue weighted by molar-refractivity contribution is 7.09. The Labute approximate surface area is 199 Å². The van der Waals surface area contributed by atoms with Crippen LogP contribution in [0.4, 0.5) is 5.69 Å². The van der Waals surface area contributed by atoms with Crippen LogP contribution in [-0.4, -0.2) is 56.0 Å². The van der Waals surface area contributed by atoms with Crippen molar-refractivity contribution in [3.05, 3.63) is 46.7 Å². The Kier molecular flexibility index (Phi) is 9.73.